The number of aromatic nitrogens is 3. The second-order valence-corrected chi connectivity index (χ2v) is 6.89. The first-order chi connectivity index (χ1) is 11.7. The maximum atomic E-state index is 12.9. The van der Waals surface area contributed by atoms with Gasteiger partial charge in [0, 0.05) is 18.3 Å². The summed E-state index contributed by atoms with van der Waals surface area (Å²) in [6.07, 6.45) is 2.27. The highest BCUT2D eigenvalue weighted by Crippen LogP contribution is 2.16. The first-order valence-corrected chi connectivity index (χ1v) is 8.34. The van der Waals surface area contributed by atoms with Crippen molar-refractivity contribution in [3.63, 3.8) is 0 Å². The third-order valence-corrected chi connectivity index (χ3v) is 3.72. The molecule has 136 valence electrons. The van der Waals surface area contributed by atoms with Crippen molar-refractivity contribution in [3.8, 4) is 11.4 Å². The van der Waals surface area contributed by atoms with Crippen molar-refractivity contribution in [3.05, 3.63) is 36.4 Å². The highest BCUT2D eigenvalue weighted by molar-refractivity contribution is 5.68. The average molecular weight is 348 g/mol. The summed E-state index contributed by atoms with van der Waals surface area (Å²) in [7, 11) is 0. The molecule has 0 radical (unpaired) electrons. The molecule has 0 saturated carbocycles. The highest BCUT2D eigenvalue weighted by atomic mass is 19.1. The molecule has 2 rings (SSSR count). The van der Waals surface area contributed by atoms with Crippen molar-refractivity contribution in [2.45, 2.75) is 52.8 Å². The fraction of sp³-hybridized carbons (Fsp3) is 0.500. The van der Waals surface area contributed by atoms with E-state index in [-0.39, 0.29) is 23.6 Å². The van der Waals surface area contributed by atoms with Crippen LogP contribution in [0.25, 0.3) is 11.4 Å². The van der Waals surface area contributed by atoms with Crippen LogP contribution in [0.4, 0.5) is 9.18 Å². The molecule has 0 aliphatic heterocycles. The van der Waals surface area contributed by atoms with Gasteiger partial charge in [-0.1, -0.05) is 0 Å². The molecular weight excluding hydrogens is 323 g/mol. The van der Waals surface area contributed by atoms with Crippen LogP contribution >= 0.6 is 0 Å². The fourth-order valence-corrected chi connectivity index (χ4v) is 2.54. The molecule has 1 atom stereocenters. The normalized spacial score (nSPS) is 12.7. The summed E-state index contributed by atoms with van der Waals surface area (Å²) >= 11 is 0. The Kier molecular flexibility index (Phi) is 5.77. The van der Waals surface area contributed by atoms with Crippen LogP contribution in [-0.4, -0.2) is 43.9 Å². The number of pyridine rings is 1. The number of rotatable bonds is 5. The summed E-state index contributed by atoms with van der Waals surface area (Å²) in [6.45, 7) is 10.7. The van der Waals surface area contributed by atoms with E-state index in [9.17, 15) is 9.18 Å². The number of amides is 1. The van der Waals surface area contributed by atoms with E-state index in [4.69, 9.17) is 4.74 Å². The molecule has 0 aliphatic rings. The van der Waals surface area contributed by atoms with Crippen molar-refractivity contribution >= 4 is 6.09 Å². The summed E-state index contributed by atoms with van der Waals surface area (Å²) in [5, 5.41) is 4.40. The minimum Gasteiger partial charge on any atom is -0.444 e. The monoisotopic (exact) mass is 348 g/mol. The van der Waals surface area contributed by atoms with E-state index in [2.05, 4.69) is 10.1 Å². The Hall–Kier alpha value is -2.44. The average Bonchev–Trinajstić information content (AvgIpc) is 2.95. The Morgan fingerprint density at radius 3 is 2.60 bits per heavy atom. The van der Waals surface area contributed by atoms with Crippen LogP contribution in [-0.2, 0) is 11.3 Å². The number of ether oxygens (including phenoxy) is 1. The molecule has 0 fully saturated rings. The summed E-state index contributed by atoms with van der Waals surface area (Å²) < 4.78 is 20.2. The first kappa shape index (κ1) is 18.9. The molecule has 2 aromatic heterocycles. The number of carbonyl (C=O) groups excluding carboxylic acids is 1. The Morgan fingerprint density at radius 2 is 2.04 bits per heavy atom. The van der Waals surface area contributed by atoms with Gasteiger partial charge in [0.2, 0.25) is 0 Å². The lowest BCUT2D eigenvalue weighted by atomic mass is 10.1. The van der Waals surface area contributed by atoms with Crippen molar-refractivity contribution in [1.29, 1.82) is 0 Å². The van der Waals surface area contributed by atoms with E-state index >= 15 is 0 Å². The van der Waals surface area contributed by atoms with Crippen LogP contribution < -0.4 is 0 Å². The minimum atomic E-state index is -0.386. The predicted molar refractivity (Wildman–Crippen MR) is 93.5 cm³/mol. The van der Waals surface area contributed by atoms with E-state index in [1.165, 1.54) is 6.07 Å². The van der Waals surface area contributed by atoms with E-state index in [1.807, 2.05) is 34.6 Å². The highest BCUT2D eigenvalue weighted by Gasteiger charge is 2.27. The molecule has 2 aromatic rings. The van der Waals surface area contributed by atoms with Crippen LogP contribution in [0.5, 0.6) is 0 Å². The molecule has 1 amide bonds. The van der Waals surface area contributed by atoms with Gasteiger partial charge in [-0.25, -0.2) is 9.18 Å². The van der Waals surface area contributed by atoms with Gasteiger partial charge in [-0.15, -0.1) is 0 Å². The molecule has 0 aromatic carbocycles. The van der Waals surface area contributed by atoms with Gasteiger partial charge in [0.25, 0.3) is 0 Å². The van der Waals surface area contributed by atoms with Crippen molar-refractivity contribution < 1.29 is 13.9 Å². The van der Waals surface area contributed by atoms with Crippen LogP contribution in [0.3, 0.4) is 0 Å². The molecule has 2 heterocycles. The lowest BCUT2D eigenvalue weighted by molar-refractivity contribution is 0.0386. The van der Waals surface area contributed by atoms with Gasteiger partial charge in [-0.2, -0.15) is 5.10 Å². The Balaban J connectivity index is 1.98. The van der Waals surface area contributed by atoms with Crippen molar-refractivity contribution in [1.82, 2.24) is 19.7 Å². The zero-order valence-corrected chi connectivity index (χ0v) is 15.4. The second-order valence-electron chi connectivity index (χ2n) is 6.89. The summed E-state index contributed by atoms with van der Waals surface area (Å²) in [5.41, 5.74) is 0.941. The Bertz CT molecular complexity index is 707. The Labute approximate surface area is 147 Å². The molecular formula is C18H25FN4O2. The van der Waals surface area contributed by atoms with Crippen molar-refractivity contribution in [2.75, 3.05) is 6.54 Å². The molecule has 0 bridgehead atoms. The molecule has 0 aliphatic carbocycles. The smallest absolute Gasteiger partial charge is 0.410 e. The number of nitrogens with zero attached hydrogens (tertiary/aromatic N) is 4. The van der Waals surface area contributed by atoms with Gasteiger partial charge in [-0.05, 0) is 52.8 Å². The lowest BCUT2D eigenvalue weighted by Gasteiger charge is -2.34. The zero-order chi connectivity index (χ0) is 18.6. The van der Waals surface area contributed by atoms with Crippen molar-refractivity contribution in [2.24, 2.45) is 0 Å². The third-order valence-electron chi connectivity index (χ3n) is 3.72. The van der Waals surface area contributed by atoms with Gasteiger partial charge in [0.05, 0.1) is 18.4 Å². The van der Waals surface area contributed by atoms with Gasteiger partial charge >= 0.3 is 6.09 Å². The summed E-state index contributed by atoms with van der Waals surface area (Å²) in [4.78, 5) is 18.0. The van der Waals surface area contributed by atoms with E-state index < -0.39 is 0 Å². The van der Waals surface area contributed by atoms with E-state index in [1.54, 1.807) is 27.9 Å². The number of carbonyl (C=O) groups is 1. The first-order valence-electron chi connectivity index (χ1n) is 8.34. The lowest BCUT2D eigenvalue weighted by Crippen LogP contribution is -2.46. The van der Waals surface area contributed by atoms with Gasteiger partial charge in [0.15, 0.2) is 0 Å². The third kappa shape index (κ3) is 5.01. The van der Waals surface area contributed by atoms with Crippen LogP contribution in [0.15, 0.2) is 30.6 Å². The quantitative estimate of drug-likeness (QED) is 0.826. The summed E-state index contributed by atoms with van der Waals surface area (Å²) in [6, 6.07) is 4.72. The maximum absolute atomic E-state index is 12.9. The van der Waals surface area contributed by atoms with Gasteiger partial charge in [0.1, 0.15) is 17.6 Å². The zero-order valence-electron chi connectivity index (χ0n) is 15.4. The molecule has 7 heteroatoms. The van der Waals surface area contributed by atoms with Gasteiger partial charge < -0.3 is 9.64 Å². The molecule has 25 heavy (non-hydrogen) atoms. The van der Waals surface area contributed by atoms with Crippen LogP contribution in [0, 0.1) is 5.82 Å². The molecule has 0 saturated heterocycles. The van der Waals surface area contributed by atoms with Crippen LogP contribution in [0.1, 0.15) is 34.6 Å². The second kappa shape index (κ2) is 7.63. The van der Waals surface area contributed by atoms with E-state index in [0.717, 1.165) is 6.20 Å². The fourth-order valence-electron chi connectivity index (χ4n) is 2.54. The standard InChI is InChI=1S/C18H25FN4O2/c1-6-23(18(3,4)5)17(24)25-13(2)12-22-10-9-16(21-22)15-8-7-14(19)11-20-15/h7-11,13H,6,12H2,1-5H3/t13-/m0/s1. The number of hydrogen-bond acceptors (Lipinski definition) is 4. The number of hydrogen-bond donors (Lipinski definition) is 0. The maximum Gasteiger partial charge on any atom is 0.410 e. The molecule has 6 nitrogen and oxygen atoms in total. The van der Waals surface area contributed by atoms with Crippen LogP contribution in [0.2, 0.25) is 0 Å². The molecule has 0 unspecified atom stereocenters. The van der Waals surface area contributed by atoms with E-state index in [0.29, 0.717) is 24.5 Å². The van der Waals surface area contributed by atoms with Gasteiger partial charge in [-0.3, -0.25) is 9.67 Å². The molecule has 0 spiro atoms. The largest absolute Gasteiger partial charge is 0.444 e. The number of halogens is 1. The SMILES string of the molecule is CCN(C(=O)O[C@@H](C)Cn1ccc(-c2ccc(F)cn2)n1)C(C)(C)C. The molecule has 0 N–H and O–H groups in total. The minimum absolute atomic E-state index is 0.293. The Morgan fingerprint density at radius 1 is 1.32 bits per heavy atom. The predicted octanol–water partition coefficient (Wildman–Crippen LogP) is 3.73. The summed E-state index contributed by atoms with van der Waals surface area (Å²) in [5.74, 6) is -0.386. The topological polar surface area (TPSA) is 60.2 Å².